The number of rotatable bonds is 5. The minimum absolute atomic E-state index is 0.00587. The summed E-state index contributed by atoms with van der Waals surface area (Å²) in [5.41, 5.74) is 1.07. The van der Waals surface area contributed by atoms with Crippen molar-refractivity contribution in [2.45, 2.75) is 31.8 Å². The van der Waals surface area contributed by atoms with Crippen molar-refractivity contribution in [3.63, 3.8) is 0 Å². The van der Waals surface area contributed by atoms with E-state index in [9.17, 15) is 4.79 Å². The molecule has 126 valence electrons. The van der Waals surface area contributed by atoms with Gasteiger partial charge >= 0.3 is 0 Å². The lowest BCUT2D eigenvalue weighted by Crippen LogP contribution is -2.35. The predicted molar refractivity (Wildman–Crippen MR) is 88.0 cm³/mol. The van der Waals surface area contributed by atoms with E-state index in [-0.39, 0.29) is 18.0 Å². The van der Waals surface area contributed by atoms with E-state index in [2.05, 4.69) is 10.4 Å². The molecule has 6 nitrogen and oxygen atoms in total. The molecule has 1 aromatic heterocycles. The molecule has 0 bridgehead atoms. The van der Waals surface area contributed by atoms with Crippen molar-refractivity contribution in [2.24, 2.45) is 5.92 Å². The number of ether oxygens (including phenoxy) is 2. The Balaban J connectivity index is 1.53. The van der Waals surface area contributed by atoms with Crippen LogP contribution in [-0.4, -0.2) is 28.9 Å². The Hall–Kier alpha value is -2.50. The maximum Gasteiger partial charge on any atom is 0.245 e. The summed E-state index contributed by atoms with van der Waals surface area (Å²) in [7, 11) is 0. The second-order valence-electron chi connectivity index (χ2n) is 6.39. The first-order valence-corrected chi connectivity index (χ1v) is 8.41. The summed E-state index contributed by atoms with van der Waals surface area (Å²) in [4.78, 5) is 12.6. The second kappa shape index (κ2) is 6.19. The molecule has 1 aromatic carbocycles. The molecule has 0 radical (unpaired) electrons. The monoisotopic (exact) mass is 327 g/mol. The Bertz CT molecular complexity index is 725. The van der Waals surface area contributed by atoms with E-state index in [1.54, 1.807) is 17.1 Å². The van der Waals surface area contributed by atoms with Crippen molar-refractivity contribution in [1.29, 1.82) is 0 Å². The van der Waals surface area contributed by atoms with Crippen LogP contribution in [0.25, 0.3) is 0 Å². The van der Waals surface area contributed by atoms with Gasteiger partial charge in [-0.3, -0.25) is 9.48 Å². The molecular formula is C18H21N3O3. The first-order chi connectivity index (χ1) is 11.7. The van der Waals surface area contributed by atoms with Gasteiger partial charge in [-0.05, 0) is 49.4 Å². The van der Waals surface area contributed by atoms with E-state index < -0.39 is 0 Å². The number of nitrogens with zero attached hydrogens (tertiary/aromatic N) is 2. The minimum Gasteiger partial charge on any atom is -0.486 e. The largest absolute Gasteiger partial charge is 0.486 e. The van der Waals surface area contributed by atoms with E-state index in [1.165, 1.54) is 0 Å². The summed E-state index contributed by atoms with van der Waals surface area (Å²) in [5, 5.41) is 7.35. The van der Waals surface area contributed by atoms with Crippen LogP contribution in [0.4, 0.5) is 0 Å². The zero-order chi connectivity index (χ0) is 16.5. The summed E-state index contributed by atoms with van der Waals surface area (Å²) in [6.45, 7) is 3.00. The molecule has 2 aromatic rings. The van der Waals surface area contributed by atoms with Crippen LogP contribution in [0.5, 0.6) is 11.5 Å². The molecule has 2 heterocycles. The molecule has 0 saturated heterocycles. The summed E-state index contributed by atoms with van der Waals surface area (Å²) in [5.74, 6) is 2.00. The molecule has 1 aliphatic heterocycles. The molecule has 0 spiro atoms. The van der Waals surface area contributed by atoms with Gasteiger partial charge in [0.25, 0.3) is 0 Å². The SMILES string of the molecule is C[C@H](C(=O)N[C@@H](c1ccc2c(c1)OCCO2)C1CC1)n1cccn1. The summed E-state index contributed by atoms with van der Waals surface area (Å²) < 4.78 is 12.9. The smallest absolute Gasteiger partial charge is 0.245 e. The lowest BCUT2D eigenvalue weighted by atomic mass is 10.0. The quantitative estimate of drug-likeness (QED) is 0.916. The zero-order valence-corrected chi connectivity index (χ0v) is 13.6. The maximum absolute atomic E-state index is 12.6. The lowest BCUT2D eigenvalue weighted by molar-refractivity contribution is -0.125. The fraction of sp³-hybridized carbons (Fsp3) is 0.444. The van der Waals surface area contributed by atoms with Gasteiger partial charge < -0.3 is 14.8 Å². The van der Waals surface area contributed by atoms with Crippen molar-refractivity contribution in [1.82, 2.24) is 15.1 Å². The highest BCUT2D eigenvalue weighted by Gasteiger charge is 2.35. The van der Waals surface area contributed by atoms with Gasteiger partial charge in [0.1, 0.15) is 19.3 Å². The van der Waals surface area contributed by atoms with Gasteiger partial charge in [-0.1, -0.05) is 6.07 Å². The molecule has 0 unspecified atom stereocenters. The maximum atomic E-state index is 12.6. The second-order valence-corrected chi connectivity index (χ2v) is 6.39. The molecule has 2 aliphatic rings. The molecule has 24 heavy (non-hydrogen) atoms. The van der Waals surface area contributed by atoms with E-state index in [0.717, 1.165) is 29.9 Å². The molecule has 6 heteroatoms. The molecule has 4 rings (SSSR count). The van der Waals surface area contributed by atoms with E-state index >= 15 is 0 Å². The van der Waals surface area contributed by atoms with Crippen LogP contribution in [0.1, 0.15) is 37.4 Å². The summed E-state index contributed by atoms with van der Waals surface area (Å²) >= 11 is 0. The van der Waals surface area contributed by atoms with Gasteiger partial charge in [-0.15, -0.1) is 0 Å². The average molecular weight is 327 g/mol. The number of fused-ring (bicyclic) bond motifs is 1. The number of hydrogen-bond acceptors (Lipinski definition) is 4. The van der Waals surface area contributed by atoms with Gasteiger partial charge in [0.15, 0.2) is 11.5 Å². The average Bonchev–Trinajstić information content (AvgIpc) is 3.31. The Labute approximate surface area is 140 Å². The highest BCUT2D eigenvalue weighted by atomic mass is 16.6. The third-order valence-corrected chi connectivity index (χ3v) is 4.62. The van der Waals surface area contributed by atoms with Gasteiger partial charge in [0.2, 0.25) is 5.91 Å². The Morgan fingerprint density at radius 1 is 1.29 bits per heavy atom. The lowest BCUT2D eigenvalue weighted by Gasteiger charge is -2.24. The predicted octanol–water partition coefficient (Wildman–Crippen LogP) is 2.48. The summed E-state index contributed by atoms with van der Waals surface area (Å²) in [6.07, 6.45) is 5.76. The molecule has 1 saturated carbocycles. The van der Waals surface area contributed by atoms with E-state index in [4.69, 9.17) is 9.47 Å². The Morgan fingerprint density at radius 2 is 2.08 bits per heavy atom. The van der Waals surface area contributed by atoms with Crippen LogP contribution in [0.3, 0.4) is 0 Å². The van der Waals surface area contributed by atoms with Crippen molar-refractivity contribution < 1.29 is 14.3 Å². The third-order valence-electron chi connectivity index (χ3n) is 4.62. The number of hydrogen-bond donors (Lipinski definition) is 1. The van der Waals surface area contributed by atoms with Crippen molar-refractivity contribution in [3.05, 3.63) is 42.2 Å². The number of carbonyl (C=O) groups excluding carboxylic acids is 1. The normalized spacial score (nSPS) is 18.7. The highest BCUT2D eigenvalue weighted by molar-refractivity contribution is 5.80. The highest BCUT2D eigenvalue weighted by Crippen LogP contribution is 2.43. The minimum atomic E-state index is -0.335. The number of amides is 1. The Morgan fingerprint density at radius 3 is 2.79 bits per heavy atom. The van der Waals surface area contributed by atoms with Gasteiger partial charge in [-0.25, -0.2) is 0 Å². The number of aromatic nitrogens is 2. The molecular weight excluding hydrogens is 306 g/mol. The van der Waals surface area contributed by atoms with Crippen molar-refractivity contribution >= 4 is 5.91 Å². The van der Waals surface area contributed by atoms with Crippen LogP contribution >= 0.6 is 0 Å². The van der Waals surface area contributed by atoms with Crippen molar-refractivity contribution in [3.8, 4) is 11.5 Å². The Kier molecular flexibility index (Phi) is 3.88. The first kappa shape index (κ1) is 15.1. The molecule has 1 N–H and O–H groups in total. The standard InChI is InChI=1S/C18H21N3O3/c1-12(21-8-2-7-19-21)18(22)20-17(13-3-4-13)14-5-6-15-16(11-14)24-10-9-23-15/h2,5-8,11-13,17H,3-4,9-10H2,1H3,(H,20,22)/t12-,17-/m1/s1. The third kappa shape index (κ3) is 2.96. The number of nitrogens with one attached hydrogen (secondary N) is 1. The fourth-order valence-electron chi connectivity index (χ4n) is 3.06. The fourth-order valence-corrected chi connectivity index (χ4v) is 3.06. The number of benzene rings is 1. The van der Waals surface area contributed by atoms with Crippen LogP contribution < -0.4 is 14.8 Å². The van der Waals surface area contributed by atoms with Crippen LogP contribution in [0, 0.1) is 5.92 Å². The zero-order valence-electron chi connectivity index (χ0n) is 13.6. The molecule has 1 amide bonds. The van der Waals surface area contributed by atoms with Gasteiger partial charge in [-0.2, -0.15) is 5.10 Å². The van der Waals surface area contributed by atoms with Gasteiger partial charge in [0.05, 0.1) is 6.04 Å². The molecule has 1 aliphatic carbocycles. The van der Waals surface area contributed by atoms with Crippen molar-refractivity contribution in [2.75, 3.05) is 13.2 Å². The summed E-state index contributed by atoms with van der Waals surface area (Å²) in [6, 6.07) is 7.45. The van der Waals surface area contributed by atoms with Crippen LogP contribution in [0.15, 0.2) is 36.7 Å². The van der Waals surface area contributed by atoms with E-state index in [1.807, 2.05) is 31.2 Å². The van der Waals surface area contributed by atoms with E-state index in [0.29, 0.717) is 19.1 Å². The molecule has 1 fully saturated rings. The first-order valence-electron chi connectivity index (χ1n) is 8.41. The molecule has 2 atom stereocenters. The topological polar surface area (TPSA) is 65.4 Å². The van der Waals surface area contributed by atoms with Crippen LogP contribution in [-0.2, 0) is 4.79 Å². The van der Waals surface area contributed by atoms with Gasteiger partial charge in [0, 0.05) is 12.4 Å². The van der Waals surface area contributed by atoms with Crippen LogP contribution in [0.2, 0.25) is 0 Å². The number of carbonyl (C=O) groups is 1.